The standard InChI is InChI=1S/C37H55F3N4O2S/c1-24-9-8-16-41(19-24)20-26-17-31(37(38,39)40)32-22-42(36(46)43(32)21-26)30-15-7-12-28(18-30)34(27-10-6-11-27)35-25(2)47-33(23-45)44(35)29-13-4-3-5-14-29/h17,21-22,24-25,27-30,33-35,45H,3-16,18-20,23H2,1-2H3/t24-,25?,28?,30?,33?,34-,35?/m0/s1. The number of hydrogen-bond acceptors (Lipinski definition) is 5. The fourth-order valence-electron chi connectivity index (χ4n) is 10.4. The van der Waals surface area contributed by atoms with Gasteiger partial charge in [-0.3, -0.25) is 18.8 Å². The third-order valence-corrected chi connectivity index (χ3v) is 14.1. The average molecular weight is 677 g/mol. The van der Waals surface area contributed by atoms with E-state index in [1.807, 2.05) is 11.8 Å². The van der Waals surface area contributed by atoms with Crippen LogP contribution in [0.3, 0.4) is 0 Å². The number of piperidine rings is 1. The van der Waals surface area contributed by atoms with Gasteiger partial charge in [-0.25, -0.2) is 4.79 Å². The maximum absolute atomic E-state index is 14.5. The van der Waals surface area contributed by atoms with Gasteiger partial charge in [0.15, 0.2) is 0 Å². The second-order valence-electron chi connectivity index (χ2n) is 15.9. The van der Waals surface area contributed by atoms with E-state index in [1.165, 1.54) is 68.0 Å². The number of pyridine rings is 1. The number of aliphatic hydroxyl groups excluding tert-OH is 1. The summed E-state index contributed by atoms with van der Waals surface area (Å²) in [6, 6.07) is 2.10. The topological polar surface area (TPSA) is 53.1 Å². The molecule has 0 spiro atoms. The first kappa shape index (κ1) is 34.0. The lowest BCUT2D eigenvalue weighted by molar-refractivity contribution is -0.136. The van der Waals surface area contributed by atoms with Crippen LogP contribution in [-0.4, -0.2) is 66.3 Å². The van der Waals surface area contributed by atoms with Gasteiger partial charge in [-0.15, -0.1) is 11.8 Å². The van der Waals surface area contributed by atoms with Crippen molar-refractivity contribution in [3.63, 3.8) is 0 Å². The van der Waals surface area contributed by atoms with E-state index in [0.717, 1.165) is 51.6 Å². The van der Waals surface area contributed by atoms with Crippen molar-refractivity contribution < 1.29 is 18.3 Å². The molecule has 7 rings (SSSR count). The van der Waals surface area contributed by atoms with Gasteiger partial charge >= 0.3 is 11.9 Å². The number of fused-ring (bicyclic) bond motifs is 1. The quantitative estimate of drug-likeness (QED) is 0.308. The summed E-state index contributed by atoms with van der Waals surface area (Å²) in [5.74, 6) is 2.09. The molecule has 2 aromatic heterocycles. The van der Waals surface area contributed by atoms with Crippen molar-refractivity contribution in [2.45, 2.75) is 145 Å². The van der Waals surface area contributed by atoms with E-state index in [9.17, 15) is 23.1 Å². The molecule has 3 aliphatic carbocycles. The number of imidazole rings is 1. The van der Waals surface area contributed by atoms with Crippen molar-refractivity contribution in [3.05, 3.63) is 40.1 Å². The molecular weight excluding hydrogens is 621 g/mol. The number of aromatic nitrogens is 2. The summed E-state index contributed by atoms with van der Waals surface area (Å²) in [5.41, 5.74) is -0.505. The zero-order valence-electron chi connectivity index (χ0n) is 28.3. The van der Waals surface area contributed by atoms with Crippen LogP contribution < -0.4 is 5.69 Å². The Morgan fingerprint density at radius 2 is 1.64 bits per heavy atom. The van der Waals surface area contributed by atoms with Gasteiger partial charge in [-0.2, -0.15) is 13.2 Å². The second kappa shape index (κ2) is 14.0. The number of nitrogens with zero attached hydrogens (tertiary/aromatic N) is 4. The Balaban J connectivity index is 1.19. The van der Waals surface area contributed by atoms with Crippen molar-refractivity contribution in [1.29, 1.82) is 0 Å². The molecule has 7 atom stereocenters. The predicted molar refractivity (Wildman–Crippen MR) is 183 cm³/mol. The van der Waals surface area contributed by atoms with Gasteiger partial charge in [0.05, 0.1) is 23.1 Å². The maximum atomic E-state index is 14.5. The van der Waals surface area contributed by atoms with Crippen LogP contribution >= 0.6 is 11.8 Å². The number of hydrogen-bond donors (Lipinski definition) is 1. The smallest absolute Gasteiger partial charge is 0.394 e. The zero-order chi connectivity index (χ0) is 32.9. The predicted octanol–water partition coefficient (Wildman–Crippen LogP) is 7.96. The van der Waals surface area contributed by atoms with E-state index in [-0.39, 0.29) is 29.2 Å². The van der Waals surface area contributed by atoms with Crippen LogP contribution in [0.2, 0.25) is 0 Å². The molecule has 5 fully saturated rings. The van der Waals surface area contributed by atoms with Crippen LogP contribution in [0.4, 0.5) is 13.2 Å². The number of likely N-dealkylation sites (tertiary alicyclic amines) is 1. The number of alkyl halides is 3. The van der Waals surface area contributed by atoms with Gasteiger partial charge in [0, 0.05) is 48.9 Å². The highest BCUT2D eigenvalue weighted by molar-refractivity contribution is 8.00. The van der Waals surface area contributed by atoms with Crippen LogP contribution in [-0.2, 0) is 12.7 Å². The van der Waals surface area contributed by atoms with Crippen molar-refractivity contribution in [2.75, 3.05) is 19.7 Å². The van der Waals surface area contributed by atoms with Gasteiger partial charge in [-0.05, 0) is 86.8 Å². The average Bonchev–Trinajstić information content (AvgIpc) is 3.54. The molecule has 47 heavy (non-hydrogen) atoms. The van der Waals surface area contributed by atoms with Crippen LogP contribution in [0, 0.1) is 23.7 Å². The molecule has 0 amide bonds. The lowest BCUT2D eigenvalue weighted by Gasteiger charge is -2.50. The zero-order valence-corrected chi connectivity index (χ0v) is 29.2. The molecule has 2 aromatic rings. The number of aliphatic hydroxyl groups is 1. The number of thioether (sulfide) groups is 1. The summed E-state index contributed by atoms with van der Waals surface area (Å²) in [4.78, 5) is 19.0. The van der Waals surface area contributed by atoms with E-state index in [1.54, 1.807) is 10.8 Å². The highest BCUT2D eigenvalue weighted by atomic mass is 32.2. The van der Waals surface area contributed by atoms with Gasteiger partial charge in [0.25, 0.3) is 0 Å². The molecule has 1 N–H and O–H groups in total. The van der Waals surface area contributed by atoms with E-state index in [0.29, 0.717) is 53.1 Å². The number of halogens is 3. The van der Waals surface area contributed by atoms with E-state index < -0.39 is 11.7 Å². The summed E-state index contributed by atoms with van der Waals surface area (Å²) in [6.07, 6.45) is 14.6. The first-order valence-corrected chi connectivity index (χ1v) is 19.7. The number of rotatable bonds is 8. The lowest BCUT2D eigenvalue weighted by atomic mass is 9.62. The Morgan fingerprint density at radius 1 is 0.915 bits per heavy atom. The molecule has 0 bridgehead atoms. The van der Waals surface area contributed by atoms with Gasteiger partial charge in [-0.1, -0.05) is 58.8 Å². The Morgan fingerprint density at radius 3 is 2.32 bits per heavy atom. The molecule has 6 nitrogen and oxygen atoms in total. The molecule has 2 saturated heterocycles. The third kappa shape index (κ3) is 6.83. The Labute approximate surface area is 282 Å². The minimum Gasteiger partial charge on any atom is -0.394 e. The maximum Gasteiger partial charge on any atom is 0.418 e. The van der Waals surface area contributed by atoms with Gasteiger partial charge in [0.1, 0.15) is 0 Å². The Kier molecular flexibility index (Phi) is 10.1. The highest BCUT2D eigenvalue weighted by Gasteiger charge is 2.51. The van der Waals surface area contributed by atoms with Crippen LogP contribution in [0.25, 0.3) is 5.52 Å². The van der Waals surface area contributed by atoms with Crippen LogP contribution in [0.1, 0.15) is 121 Å². The highest BCUT2D eigenvalue weighted by Crippen LogP contribution is 2.53. The first-order chi connectivity index (χ1) is 22.6. The van der Waals surface area contributed by atoms with Crippen molar-refractivity contribution in [2.24, 2.45) is 23.7 Å². The van der Waals surface area contributed by atoms with Crippen molar-refractivity contribution in [1.82, 2.24) is 18.8 Å². The molecule has 3 saturated carbocycles. The van der Waals surface area contributed by atoms with Crippen molar-refractivity contribution in [3.8, 4) is 0 Å². The summed E-state index contributed by atoms with van der Waals surface area (Å²) >= 11 is 1.95. The molecule has 262 valence electrons. The fraction of sp³-hybridized carbons (Fsp3) is 0.811. The molecular formula is C37H55F3N4O2S. The largest absolute Gasteiger partial charge is 0.418 e. The van der Waals surface area contributed by atoms with Crippen LogP contribution in [0.15, 0.2) is 23.3 Å². The molecule has 0 aromatic carbocycles. The summed E-state index contributed by atoms with van der Waals surface area (Å²) in [5, 5.41) is 11.1. The Bertz CT molecular complexity index is 1430. The molecule has 2 aliphatic heterocycles. The molecule has 5 unspecified atom stereocenters. The summed E-state index contributed by atoms with van der Waals surface area (Å²) < 4.78 is 46.5. The molecule has 10 heteroatoms. The summed E-state index contributed by atoms with van der Waals surface area (Å²) in [6.45, 7) is 6.91. The fourth-order valence-corrected chi connectivity index (χ4v) is 12.0. The van der Waals surface area contributed by atoms with E-state index in [2.05, 4.69) is 23.6 Å². The molecule has 4 heterocycles. The molecule has 5 aliphatic rings. The van der Waals surface area contributed by atoms with Gasteiger partial charge in [0.2, 0.25) is 0 Å². The van der Waals surface area contributed by atoms with Crippen molar-refractivity contribution >= 4 is 17.3 Å². The molecule has 0 radical (unpaired) electrons. The van der Waals surface area contributed by atoms with E-state index in [4.69, 9.17) is 0 Å². The minimum absolute atomic E-state index is 0.0222. The monoisotopic (exact) mass is 676 g/mol. The summed E-state index contributed by atoms with van der Waals surface area (Å²) in [7, 11) is 0. The SMILES string of the molecule is CC1SC(CO)N(C2CCCCC2)C1[C@@H](C1CCC1)C1CCCC(n2cc3c(C(F)(F)F)cc(CN4CCC[C@H](C)C4)cn3c2=O)C1. The third-order valence-electron chi connectivity index (χ3n) is 12.7. The normalized spacial score (nSPS) is 33.0. The Hall–Kier alpha value is -1.49. The lowest BCUT2D eigenvalue weighted by Crippen LogP contribution is -2.54. The minimum atomic E-state index is -4.54. The van der Waals surface area contributed by atoms with E-state index >= 15 is 0 Å². The van der Waals surface area contributed by atoms with Gasteiger partial charge < -0.3 is 5.11 Å². The van der Waals surface area contributed by atoms with Crippen LogP contribution in [0.5, 0.6) is 0 Å². The first-order valence-electron chi connectivity index (χ1n) is 18.7. The second-order valence-corrected chi connectivity index (χ2v) is 17.4.